The number of carbonyl (C=O) groups is 1. The molecule has 1 rings (SSSR count). The molecule has 2 nitrogen and oxygen atoms in total. The summed E-state index contributed by atoms with van der Waals surface area (Å²) in [4.78, 5) is 8.58. The van der Waals surface area contributed by atoms with Crippen LogP contribution in [0.5, 0.6) is 0 Å². The van der Waals surface area contributed by atoms with Crippen molar-refractivity contribution < 1.29 is 9.18 Å². The van der Waals surface area contributed by atoms with Crippen molar-refractivity contribution in [1.82, 2.24) is 0 Å². The second-order valence-corrected chi connectivity index (χ2v) is 3.36. The fraction of sp³-hybridized carbons (Fsp3) is 0.364. The van der Waals surface area contributed by atoms with Crippen LogP contribution < -0.4 is 5.73 Å². The summed E-state index contributed by atoms with van der Waals surface area (Å²) < 4.78 is 12.4. The van der Waals surface area contributed by atoms with Crippen LogP contribution in [0.1, 0.15) is 19.4 Å². The van der Waals surface area contributed by atoms with Gasteiger partial charge in [0.25, 0.3) is 0 Å². The number of amides is 1. The second kappa shape index (κ2) is 7.06. The van der Waals surface area contributed by atoms with Crippen LogP contribution in [0.15, 0.2) is 24.3 Å². The number of halogens is 1. The standard InChI is InChI=1S/C10H13F.CH3NO/c1-8(2)7-9-3-5-10(11)6-4-9;2-1-3/h3-6,8H,7H2,1-2H3;1H,(H2,2,3). The highest BCUT2D eigenvalue weighted by molar-refractivity contribution is 5.42. The van der Waals surface area contributed by atoms with Crippen LogP contribution >= 0.6 is 0 Å². The zero-order valence-electron chi connectivity index (χ0n) is 8.53. The zero-order chi connectivity index (χ0) is 11.0. The highest BCUT2D eigenvalue weighted by Gasteiger charge is 1.96. The minimum Gasteiger partial charge on any atom is -0.372 e. The number of primary amides is 1. The van der Waals surface area contributed by atoms with Crippen molar-refractivity contribution in [3.8, 4) is 0 Å². The van der Waals surface area contributed by atoms with E-state index in [2.05, 4.69) is 19.6 Å². The van der Waals surface area contributed by atoms with E-state index in [1.54, 1.807) is 0 Å². The first-order chi connectivity index (χ1) is 6.60. The van der Waals surface area contributed by atoms with Gasteiger partial charge in [-0.3, -0.25) is 4.79 Å². The Hall–Kier alpha value is -1.38. The second-order valence-electron chi connectivity index (χ2n) is 3.36. The van der Waals surface area contributed by atoms with Gasteiger partial charge in [-0.2, -0.15) is 0 Å². The molecule has 0 unspecified atom stereocenters. The Balaban J connectivity index is 0.000000500. The van der Waals surface area contributed by atoms with E-state index >= 15 is 0 Å². The lowest BCUT2D eigenvalue weighted by Crippen LogP contribution is -1.93. The molecular weight excluding hydrogens is 181 g/mol. The van der Waals surface area contributed by atoms with Crippen molar-refractivity contribution in [1.29, 1.82) is 0 Å². The normalized spacial score (nSPS) is 9.14. The van der Waals surface area contributed by atoms with Gasteiger partial charge in [0, 0.05) is 0 Å². The van der Waals surface area contributed by atoms with Gasteiger partial charge in [-0.05, 0) is 30.0 Å². The highest BCUT2D eigenvalue weighted by atomic mass is 19.1. The van der Waals surface area contributed by atoms with Crippen LogP contribution in [0.25, 0.3) is 0 Å². The molecule has 2 N–H and O–H groups in total. The monoisotopic (exact) mass is 197 g/mol. The van der Waals surface area contributed by atoms with Crippen LogP contribution in [0.2, 0.25) is 0 Å². The van der Waals surface area contributed by atoms with Crippen molar-refractivity contribution in [2.45, 2.75) is 20.3 Å². The van der Waals surface area contributed by atoms with Crippen LogP contribution in [-0.4, -0.2) is 6.41 Å². The van der Waals surface area contributed by atoms with Crippen molar-refractivity contribution in [2.24, 2.45) is 11.7 Å². The number of benzene rings is 1. The summed E-state index contributed by atoms with van der Waals surface area (Å²) in [5.41, 5.74) is 5.38. The Bertz CT molecular complexity index is 256. The minimum atomic E-state index is -0.155. The molecule has 0 spiro atoms. The first-order valence-corrected chi connectivity index (χ1v) is 4.50. The Morgan fingerprint density at radius 2 is 1.79 bits per heavy atom. The van der Waals surface area contributed by atoms with E-state index in [0.717, 1.165) is 6.42 Å². The van der Waals surface area contributed by atoms with Gasteiger partial charge in [-0.1, -0.05) is 26.0 Å². The molecule has 0 aliphatic carbocycles. The third kappa shape index (κ3) is 6.17. The Morgan fingerprint density at radius 3 is 2.14 bits per heavy atom. The molecule has 0 fully saturated rings. The number of nitrogens with two attached hydrogens (primary N) is 1. The molecule has 0 atom stereocenters. The van der Waals surface area contributed by atoms with Gasteiger partial charge in [0.1, 0.15) is 5.82 Å². The summed E-state index contributed by atoms with van der Waals surface area (Å²) in [6.45, 7) is 4.31. The van der Waals surface area contributed by atoms with Gasteiger partial charge in [0.2, 0.25) is 6.41 Å². The molecule has 0 aromatic heterocycles. The molecule has 78 valence electrons. The van der Waals surface area contributed by atoms with Crippen LogP contribution in [-0.2, 0) is 11.2 Å². The van der Waals surface area contributed by atoms with Crippen LogP contribution in [0, 0.1) is 11.7 Å². The van der Waals surface area contributed by atoms with E-state index in [4.69, 9.17) is 4.79 Å². The van der Waals surface area contributed by atoms with Gasteiger partial charge in [-0.15, -0.1) is 0 Å². The van der Waals surface area contributed by atoms with E-state index < -0.39 is 0 Å². The molecule has 0 aliphatic heterocycles. The van der Waals surface area contributed by atoms with E-state index in [0.29, 0.717) is 5.92 Å². The molecule has 0 bridgehead atoms. The fourth-order valence-electron chi connectivity index (χ4n) is 1.09. The molecule has 0 saturated carbocycles. The van der Waals surface area contributed by atoms with Crippen molar-refractivity contribution >= 4 is 6.41 Å². The molecule has 14 heavy (non-hydrogen) atoms. The lowest BCUT2D eigenvalue weighted by atomic mass is 10.0. The first-order valence-electron chi connectivity index (χ1n) is 4.50. The van der Waals surface area contributed by atoms with Gasteiger partial charge in [-0.25, -0.2) is 4.39 Å². The maximum atomic E-state index is 12.4. The summed E-state index contributed by atoms with van der Waals surface area (Å²) in [5.74, 6) is 0.484. The molecule has 1 amide bonds. The quantitative estimate of drug-likeness (QED) is 0.725. The molecule has 1 aromatic carbocycles. The van der Waals surface area contributed by atoms with E-state index in [1.807, 2.05) is 12.1 Å². The first kappa shape index (κ1) is 12.6. The minimum absolute atomic E-state index is 0.155. The third-order valence-electron chi connectivity index (χ3n) is 1.56. The van der Waals surface area contributed by atoms with E-state index in [9.17, 15) is 4.39 Å². The molecule has 0 radical (unpaired) electrons. The van der Waals surface area contributed by atoms with Gasteiger partial charge >= 0.3 is 0 Å². The number of hydrogen-bond acceptors (Lipinski definition) is 1. The van der Waals surface area contributed by atoms with Crippen LogP contribution in [0.4, 0.5) is 4.39 Å². The average molecular weight is 197 g/mol. The highest BCUT2D eigenvalue weighted by Crippen LogP contribution is 2.08. The predicted octanol–water partition coefficient (Wildman–Crippen LogP) is 2.13. The Morgan fingerprint density at radius 1 is 1.36 bits per heavy atom. The summed E-state index contributed by atoms with van der Waals surface area (Å²) in [5, 5.41) is 0. The third-order valence-corrected chi connectivity index (χ3v) is 1.56. The fourth-order valence-corrected chi connectivity index (χ4v) is 1.09. The molecule has 3 heteroatoms. The SMILES string of the molecule is CC(C)Cc1ccc(F)cc1.NC=O. The average Bonchev–Trinajstić information content (AvgIpc) is 2.09. The molecule has 0 heterocycles. The summed E-state index contributed by atoms with van der Waals surface area (Å²) >= 11 is 0. The van der Waals surface area contributed by atoms with Crippen molar-refractivity contribution in [3.63, 3.8) is 0 Å². The lowest BCUT2D eigenvalue weighted by Gasteiger charge is -2.03. The molecule has 1 aromatic rings. The van der Waals surface area contributed by atoms with Crippen molar-refractivity contribution in [2.75, 3.05) is 0 Å². The molecule has 0 aliphatic rings. The van der Waals surface area contributed by atoms with Crippen LogP contribution in [0.3, 0.4) is 0 Å². The smallest absolute Gasteiger partial charge is 0.204 e. The maximum Gasteiger partial charge on any atom is 0.204 e. The lowest BCUT2D eigenvalue weighted by molar-refractivity contribution is -0.106. The largest absolute Gasteiger partial charge is 0.372 e. The predicted molar refractivity (Wildman–Crippen MR) is 55.2 cm³/mol. The Labute approximate surface area is 83.9 Å². The molecular formula is C11H16FNO. The van der Waals surface area contributed by atoms with Gasteiger partial charge in [0.15, 0.2) is 0 Å². The zero-order valence-corrected chi connectivity index (χ0v) is 8.53. The number of carbonyl (C=O) groups excluding carboxylic acids is 1. The molecule has 0 saturated heterocycles. The van der Waals surface area contributed by atoms with Crippen molar-refractivity contribution in [3.05, 3.63) is 35.6 Å². The summed E-state index contributed by atoms with van der Waals surface area (Å²) in [7, 11) is 0. The van der Waals surface area contributed by atoms with Gasteiger partial charge in [0.05, 0.1) is 0 Å². The van der Waals surface area contributed by atoms with Gasteiger partial charge < -0.3 is 5.73 Å². The number of hydrogen-bond donors (Lipinski definition) is 1. The van der Waals surface area contributed by atoms with E-state index in [1.165, 1.54) is 17.7 Å². The number of rotatable bonds is 2. The summed E-state index contributed by atoms with van der Waals surface area (Å²) in [6, 6.07) is 6.71. The van der Waals surface area contributed by atoms with E-state index in [-0.39, 0.29) is 12.2 Å². The maximum absolute atomic E-state index is 12.4. The topological polar surface area (TPSA) is 43.1 Å². The summed E-state index contributed by atoms with van der Waals surface area (Å²) in [6.07, 6.45) is 1.28. The Kier molecular flexibility index (Phi) is 6.37.